The summed E-state index contributed by atoms with van der Waals surface area (Å²) >= 11 is 9.13. The first-order valence-corrected chi connectivity index (χ1v) is 4.66. The molecule has 0 atom stereocenters. The van der Waals surface area contributed by atoms with E-state index in [0.29, 0.717) is 4.32 Å². The van der Waals surface area contributed by atoms with Gasteiger partial charge in [0, 0.05) is 12.2 Å². The number of nitrogens with zero attached hydrogens (tertiary/aromatic N) is 1. The standard InChI is InChI=1S/C9H11NS2.Zn/c1-2-10(9(11)12)8-6-4-3-5-7-8;/h3-7H,2H2,1H3,(H,11,12);/q;+2. The van der Waals surface area contributed by atoms with Crippen molar-refractivity contribution in [1.82, 2.24) is 0 Å². The van der Waals surface area contributed by atoms with E-state index in [2.05, 4.69) is 19.6 Å². The van der Waals surface area contributed by atoms with Crippen LogP contribution in [0.3, 0.4) is 0 Å². The predicted molar refractivity (Wildman–Crippen MR) is 61.0 cm³/mol. The second-order valence-corrected chi connectivity index (χ2v) is 3.48. The van der Waals surface area contributed by atoms with Gasteiger partial charge in [-0.2, -0.15) is 0 Å². The Balaban J connectivity index is 0.00000144. The quantitative estimate of drug-likeness (QED) is 0.496. The van der Waals surface area contributed by atoms with Crippen LogP contribution in [0, 0.1) is 0 Å². The molecule has 0 saturated heterocycles. The zero-order valence-electron chi connectivity index (χ0n) is 7.60. The van der Waals surface area contributed by atoms with Crippen LogP contribution in [-0.2, 0) is 19.5 Å². The zero-order chi connectivity index (χ0) is 8.97. The fourth-order valence-electron chi connectivity index (χ4n) is 1.04. The number of para-hydroxylation sites is 1. The molecule has 1 nitrogen and oxygen atoms in total. The van der Waals surface area contributed by atoms with Gasteiger partial charge in [0.2, 0.25) is 0 Å². The molecule has 0 aliphatic rings. The molecule has 0 N–H and O–H groups in total. The first-order chi connectivity index (χ1) is 5.75. The maximum Gasteiger partial charge on any atom is 2.00 e. The number of thiol groups is 1. The molecule has 0 heterocycles. The van der Waals surface area contributed by atoms with Crippen molar-refractivity contribution in [3.63, 3.8) is 0 Å². The molecule has 13 heavy (non-hydrogen) atoms. The molecule has 0 amide bonds. The molecule has 64 valence electrons. The van der Waals surface area contributed by atoms with E-state index in [0.717, 1.165) is 12.2 Å². The summed E-state index contributed by atoms with van der Waals surface area (Å²) < 4.78 is 0.615. The third kappa shape index (κ3) is 3.76. The van der Waals surface area contributed by atoms with E-state index in [1.807, 2.05) is 35.2 Å². The monoisotopic (exact) mass is 261 g/mol. The Morgan fingerprint density at radius 2 is 1.92 bits per heavy atom. The molecule has 0 aliphatic heterocycles. The molecule has 1 rings (SSSR count). The second kappa shape index (κ2) is 6.52. The number of thiocarbonyl (C=S) groups is 1. The Labute approximate surface area is 103 Å². The first kappa shape index (κ1) is 13.1. The van der Waals surface area contributed by atoms with Gasteiger partial charge in [0.05, 0.1) is 0 Å². The average Bonchev–Trinajstić information content (AvgIpc) is 2.07. The van der Waals surface area contributed by atoms with E-state index in [9.17, 15) is 0 Å². The maximum absolute atomic E-state index is 4.99. The molecular formula is C9H11NS2Zn+2. The number of anilines is 1. The van der Waals surface area contributed by atoms with Crippen molar-refractivity contribution >= 4 is 34.9 Å². The van der Waals surface area contributed by atoms with Crippen LogP contribution in [-0.4, -0.2) is 10.9 Å². The molecule has 0 aromatic heterocycles. The number of rotatable bonds is 2. The molecule has 1 aromatic carbocycles. The summed E-state index contributed by atoms with van der Waals surface area (Å²) in [6, 6.07) is 10.0. The normalized spacial score (nSPS) is 8.77. The average molecular weight is 263 g/mol. The van der Waals surface area contributed by atoms with Crippen LogP contribution in [0.5, 0.6) is 0 Å². The van der Waals surface area contributed by atoms with Crippen molar-refractivity contribution in [2.75, 3.05) is 11.4 Å². The van der Waals surface area contributed by atoms with Gasteiger partial charge in [-0.1, -0.05) is 30.4 Å². The summed E-state index contributed by atoms with van der Waals surface area (Å²) in [7, 11) is 0. The van der Waals surface area contributed by atoms with Crippen molar-refractivity contribution < 1.29 is 19.5 Å². The van der Waals surface area contributed by atoms with Gasteiger partial charge in [-0.3, -0.25) is 0 Å². The van der Waals surface area contributed by atoms with Crippen LogP contribution in [0.2, 0.25) is 0 Å². The molecule has 0 saturated carbocycles. The van der Waals surface area contributed by atoms with Crippen molar-refractivity contribution in [2.24, 2.45) is 0 Å². The Morgan fingerprint density at radius 3 is 2.31 bits per heavy atom. The van der Waals surface area contributed by atoms with Crippen LogP contribution in [0.1, 0.15) is 6.92 Å². The van der Waals surface area contributed by atoms with Crippen LogP contribution < -0.4 is 4.90 Å². The molecule has 0 spiro atoms. The Bertz CT molecular complexity index is 264. The Hall–Kier alpha value is 0.0834. The van der Waals surface area contributed by atoms with Crippen molar-refractivity contribution in [2.45, 2.75) is 6.92 Å². The minimum Gasteiger partial charge on any atom is -0.328 e. The molecule has 0 radical (unpaired) electrons. The maximum atomic E-state index is 4.99. The molecule has 1 aromatic rings. The summed E-state index contributed by atoms with van der Waals surface area (Å²) in [5, 5.41) is 0. The first-order valence-electron chi connectivity index (χ1n) is 3.81. The van der Waals surface area contributed by atoms with E-state index in [4.69, 9.17) is 12.2 Å². The van der Waals surface area contributed by atoms with Gasteiger partial charge in [-0.05, 0) is 19.1 Å². The minimum atomic E-state index is 0. The third-order valence-electron chi connectivity index (χ3n) is 1.61. The molecule has 0 unspecified atom stereocenters. The minimum absolute atomic E-state index is 0. The van der Waals surface area contributed by atoms with E-state index in [1.165, 1.54) is 0 Å². The summed E-state index contributed by atoms with van der Waals surface area (Å²) in [5.41, 5.74) is 1.10. The largest absolute Gasteiger partial charge is 2.00 e. The second-order valence-electron chi connectivity index (χ2n) is 2.36. The summed E-state index contributed by atoms with van der Waals surface area (Å²) in [6.45, 7) is 2.90. The van der Waals surface area contributed by atoms with Gasteiger partial charge in [-0.15, -0.1) is 12.6 Å². The van der Waals surface area contributed by atoms with Crippen molar-refractivity contribution in [1.29, 1.82) is 0 Å². The number of benzene rings is 1. The van der Waals surface area contributed by atoms with Gasteiger partial charge in [0.1, 0.15) is 4.32 Å². The fourth-order valence-corrected chi connectivity index (χ4v) is 1.53. The fraction of sp³-hybridized carbons (Fsp3) is 0.222. The molecule has 0 fully saturated rings. The van der Waals surface area contributed by atoms with Crippen LogP contribution in [0.4, 0.5) is 5.69 Å². The SMILES string of the molecule is CCN(C(=S)S)c1ccccc1.[Zn+2]. The Kier molecular flexibility index (Phi) is 6.57. The van der Waals surface area contributed by atoms with Gasteiger partial charge in [0.25, 0.3) is 0 Å². The molecular weight excluding hydrogens is 252 g/mol. The number of hydrogen-bond acceptors (Lipinski definition) is 1. The van der Waals surface area contributed by atoms with Gasteiger partial charge in [-0.25, -0.2) is 0 Å². The summed E-state index contributed by atoms with van der Waals surface area (Å²) in [4.78, 5) is 1.97. The van der Waals surface area contributed by atoms with E-state index in [1.54, 1.807) is 0 Å². The van der Waals surface area contributed by atoms with Crippen LogP contribution >= 0.6 is 24.8 Å². The number of hydrogen-bond donors (Lipinski definition) is 1. The van der Waals surface area contributed by atoms with Crippen molar-refractivity contribution in [3.05, 3.63) is 30.3 Å². The Morgan fingerprint density at radius 1 is 1.38 bits per heavy atom. The zero-order valence-corrected chi connectivity index (χ0v) is 12.3. The summed E-state index contributed by atoms with van der Waals surface area (Å²) in [5.74, 6) is 0. The summed E-state index contributed by atoms with van der Waals surface area (Å²) in [6.07, 6.45) is 0. The van der Waals surface area contributed by atoms with Gasteiger partial charge >= 0.3 is 19.5 Å². The van der Waals surface area contributed by atoms with Gasteiger partial charge < -0.3 is 4.90 Å². The van der Waals surface area contributed by atoms with E-state index in [-0.39, 0.29) is 19.5 Å². The molecule has 0 bridgehead atoms. The van der Waals surface area contributed by atoms with E-state index >= 15 is 0 Å². The third-order valence-corrected chi connectivity index (χ3v) is 2.08. The van der Waals surface area contributed by atoms with Crippen LogP contribution in [0.25, 0.3) is 0 Å². The molecule has 0 aliphatic carbocycles. The topological polar surface area (TPSA) is 3.24 Å². The molecule has 4 heteroatoms. The predicted octanol–water partition coefficient (Wildman–Crippen LogP) is 2.73. The van der Waals surface area contributed by atoms with E-state index < -0.39 is 0 Å². The van der Waals surface area contributed by atoms with Crippen LogP contribution in [0.15, 0.2) is 30.3 Å². The van der Waals surface area contributed by atoms with Crippen molar-refractivity contribution in [3.8, 4) is 0 Å². The smallest absolute Gasteiger partial charge is 0.328 e. The van der Waals surface area contributed by atoms with Gasteiger partial charge in [0.15, 0.2) is 0 Å².